The fourth-order valence-corrected chi connectivity index (χ4v) is 5.66. The van der Waals surface area contributed by atoms with Crippen molar-refractivity contribution in [3.63, 3.8) is 0 Å². The molecule has 0 aromatic heterocycles. The number of rotatable bonds is 24. The number of aliphatic hydroxyl groups excluding tert-OH is 6. The first kappa shape index (κ1) is 40.3. The minimum Gasteiger partial charge on any atom is -0.491 e. The normalized spacial score (nSPS) is 23.7. The molecule has 1 aromatic carbocycles. The average molecular weight is 656 g/mol. The molecule has 0 bridgehead atoms. The number of ether oxygens (including phenoxy) is 3. The maximum absolute atomic E-state index is 13.0. The van der Waals surface area contributed by atoms with Gasteiger partial charge in [-0.1, -0.05) is 96.1 Å². The number of hydrogen-bond acceptors (Lipinski definition) is 10. The second-order valence-electron chi connectivity index (χ2n) is 12.9. The Hall–Kier alpha value is -1.83. The van der Waals surface area contributed by atoms with E-state index < -0.39 is 61.5 Å². The molecule has 2 rings (SSSR count). The monoisotopic (exact) mass is 655 g/mol. The number of carbonyl (C=O) groups excluding carboxylic acids is 1. The molecule has 2 unspecified atom stereocenters. The fourth-order valence-electron chi connectivity index (χ4n) is 5.66. The molecule has 266 valence electrons. The van der Waals surface area contributed by atoms with Crippen LogP contribution in [0.1, 0.15) is 110 Å². The number of carbonyl (C=O) groups is 1. The van der Waals surface area contributed by atoms with Crippen LogP contribution in [0.2, 0.25) is 0 Å². The molecule has 1 aromatic rings. The van der Waals surface area contributed by atoms with Gasteiger partial charge in [-0.25, -0.2) is 0 Å². The predicted molar refractivity (Wildman–Crippen MR) is 175 cm³/mol. The van der Waals surface area contributed by atoms with Gasteiger partial charge in [-0.15, -0.1) is 0 Å². The van der Waals surface area contributed by atoms with Gasteiger partial charge in [0, 0.05) is 0 Å². The van der Waals surface area contributed by atoms with Gasteiger partial charge >= 0.3 is 0 Å². The molecule has 0 saturated carbocycles. The highest BCUT2D eigenvalue weighted by Gasteiger charge is 2.44. The molecular weight excluding hydrogens is 594 g/mol. The van der Waals surface area contributed by atoms with Gasteiger partial charge in [-0.3, -0.25) is 4.79 Å². The second kappa shape index (κ2) is 22.7. The van der Waals surface area contributed by atoms with Gasteiger partial charge in [-0.05, 0) is 38.0 Å². The minimum atomic E-state index is -1.64. The van der Waals surface area contributed by atoms with Crippen molar-refractivity contribution in [3.05, 3.63) is 29.8 Å². The molecule has 8 atom stereocenters. The molecule has 0 spiro atoms. The van der Waals surface area contributed by atoms with Crippen molar-refractivity contribution in [2.45, 2.75) is 166 Å². The van der Waals surface area contributed by atoms with E-state index in [2.05, 4.69) is 12.2 Å². The molecule has 0 aliphatic carbocycles. The van der Waals surface area contributed by atoms with E-state index in [1.165, 1.54) is 51.4 Å². The van der Waals surface area contributed by atoms with Crippen molar-refractivity contribution in [1.29, 1.82) is 0 Å². The zero-order valence-corrected chi connectivity index (χ0v) is 28.1. The van der Waals surface area contributed by atoms with Crippen LogP contribution in [0.5, 0.6) is 5.75 Å². The van der Waals surface area contributed by atoms with Gasteiger partial charge in [0.05, 0.1) is 37.9 Å². The van der Waals surface area contributed by atoms with Crippen LogP contribution < -0.4 is 10.1 Å². The van der Waals surface area contributed by atoms with E-state index in [0.29, 0.717) is 24.2 Å². The van der Waals surface area contributed by atoms with Gasteiger partial charge in [-0.2, -0.15) is 0 Å². The van der Waals surface area contributed by atoms with Gasteiger partial charge in [0.15, 0.2) is 6.29 Å². The molecule has 1 aliphatic heterocycles. The molecule has 1 aliphatic rings. The molecule has 1 heterocycles. The Morgan fingerprint density at radius 3 is 1.96 bits per heavy atom. The summed E-state index contributed by atoms with van der Waals surface area (Å²) in [5.74, 6) is 0.262. The highest BCUT2D eigenvalue weighted by atomic mass is 16.7. The Morgan fingerprint density at radius 2 is 1.41 bits per heavy atom. The van der Waals surface area contributed by atoms with Gasteiger partial charge < -0.3 is 50.2 Å². The van der Waals surface area contributed by atoms with Crippen LogP contribution in [0.4, 0.5) is 0 Å². The Labute approximate surface area is 275 Å². The summed E-state index contributed by atoms with van der Waals surface area (Å²) in [4.78, 5) is 13.0. The first-order valence-corrected chi connectivity index (χ1v) is 17.4. The predicted octanol–water partition coefficient (Wildman–Crippen LogP) is 3.13. The topological polar surface area (TPSA) is 178 Å². The summed E-state index contributed by atoms with van der Waals surface area (Å²) in [5, 5.41) is 64.7. The quantitative estimate of drug-likeness (QED) is 0.0819. The van der Waals surface area contributed by atoms with Crippen molar-refractivity contribution in [3.8, 4) is 5.75 Å². The van der Waals surface area contributed by atoms with Gasteiger partial charge in [0.1, 0.15) is 36.3 Å². The summed E-state index contributed by atoms with van der Waals surface area (Å²) >= 11 is 0. The molecular formula is C35H61NO10. The van der Waals surface area contributed by atoms with Crippen LogP contribution in [0.25, 0.3) is 0 Å². The molecule has 11 heteroatoms. The van der Waals surface area contributed by atoms with Crippen molar-refractivity contribution < 1.29 is 49.6 Å². The molecule has 7 N–H and O–H groups in total. The SMILES string of the molecule is CCCCCCCCCCCCCC[C@@H](O)[C@@H](O)[C@H](CO[C@H]1OC(CO)[C@H](O)[C@H](O)C1O)NC(=O)Cc1ccc(OC(C)C)cc1. The first-order chi connectivity index (χ1) is 22.1. The number of nitrogens with one attached hydrogen (secondary N) is 1. The molecule has 46 heavy (non-hydrogen) atoms. The van der Waals surface area contributed by atoms with Gasteiger partial charge in [0.25, 0.3) is 0 Å². The van der Waals surface area contributed by atoms with E-state index in [4.69, 9.17) is 14.2 Å². The first-order valence-electron chi connectivity index (χ1n) is 17.4. The van der Waals surface area contributed by atoms with E-state index >= 15 is 0 Å². The Bertz CT molecular complexity index is 930. The van der Waals surface area contributed by atoms with Crippen molar-refractivity contribution in [1.82, 2.24) is 5.32 Å². The molecule has 1 amide bonds. The maximum atomic E-state index is 13.0. The van der Waals surface area contributed by atoms with Crippen molar-refractivity contribution in [2.24, 2.45) is 0 Å². The summed E-state index contributed by atoms with van der Waals surface area (Å²) in [6.07, 6.45) is 4.53. The van der Waals surface area contributed by atoms with Crippen LogP contribution >= 0.6 is 0 Å². The summed E-state index contributed by atoms with van der Waals surface area (Å²) in [6.45, 7) is 5.08. The lowest BCUT2D eigenvalue weighted by molar-refractivity contribution is -0.303. The highest BCUT2D eigenvalue weighted by Crippen LogP contribution is 2.23. The maximum Gasteiger partial charge on any atom is 0.224 e. The highest BCUT2D eigenvalue weighted by molar-refractivity contribution is 5.79. The Balaban J connectivity index is 1.89. The number of hydrogen-bond donors (Lipinski definition) is 7. The molecule has 1 fully saturated rings. The lowest BCUT2D eigenvalue weighted by Crippen LogP contribution is -2.60. The van der Waals surface area contributed by atoms with E-state index in [9.17, 15) is 35.4 Å². The largest absolute Gasteiger partial charge is 0.491 e. The van der Waals surface area contributed by atoms with Crippen molar-refractivity contribution in [2.75, 3.05) is 13.2 Å². The van der Waals surface area contributed by atoms with Crippen LogP contribution in [0, 0.1) is 0 Å². The smallest absolute Gasteiger partial charge is 0.224 e. The fraction of sp³-hybridized carbons (Fsp3) is 0.800. The number of unbranched alkanes of at least 4 members (excludes halogenated alkanes) is 11. The summed E-state index contributed by atoms with van der Waals surface area (Å²) < 4.78 is 16.7. The molecule has 11 nitrogen and oxygen atoms in total. The number of amides is 1. The third-order valence-corrected chi connectivity index (χ3v) is 8.45. The third-order valence-electron chi connectivity index (χ3n) is 8.45. The minimum absolute atomic E-state index is 0.0000598. The standard InChI is InChI=1S/C35H61NO10/c1-4-5-6-7-8-9-10-11-12-13-14-15-16-28(38)31(40)27(23-44-35-34(43)33(42)32(41)29(22-37)46-35)36-30(39)21-25-17-19-26(20-18-25)45-24(2)3/h17-20,24,27-29,31-35,37-38,40-43H,4-16,21-23H2,1-3H3,(H,36,39)/t27-,28+,29?,31-,32-,33-,34?,35-/m0/s1. The lowest BCUT2D eigenvalue weighted by Gasteiger charge is -2.40. The summed E-state index contributed by atoms with van der Waals surface area (Å²) in [6, 6.07) is 6.02. The molecule has 0 radical (unpaired) electrons. The number of aliphatic hydroxyl groups is 6. The average Bonchev–Trinajstić information content (AvgIpc) is 3.03. The third kappa shape index (κ3) is 14.9. The second-order valence-corrected chi connectivity index (χ2v) is 12.9. The van der Waals surface area contributed by atoms with Crippen LogP contribution in [0.15, 0.2) is 24.3 Å². The van der Waals surface area contributed by atoms with E-state index in [0.717, 1.165) is 19.3 Å². The van der Waals surface area contributed by atoms with E-state index in [-0.39, 0.29) is 19.1 Å². The van der Waals surface area contributed by atoms with Crippen LogP contribution in [0.3, 0.4) is 0 Å². The Morgan fingerprint density at radius 1 is 0.848 bits per heavy atom. The van der Waals surface area contributed by atoms with Crippen LogP contribution in [-0.2, 0) is 20.7 Å². The lowest BCUT2D eigenvalue weighted by atomic mass is 9.98. The van der Waals surface area contributed by atoms with E-state index in [1.54, 1.807) is 24.3 Å². The zero-order valence-electron chi connectivity index (χ0n) is 28.1. The number of benzene rings is 1. The van der Waals surface area contributed by atoms with Crippen molar-refractivity contribution >= 4 is 5.91 Å². The molecule has 1 saturated heterocycles. The summed E-state index contributed by atoms with van der Waals surface area (Å²) in [5.41, 5.74) is 0.716. The van der Waals surface area contributed by atoms with E-state index in [1.807, 2.05) is 13.8 Å². The summed E-state index contributed by atoms with van der Waals surface area (Å²) in [7, 11) is 0. The Kier molecular flexibility index (Phi) is 19.9. The zero-order chi connectivity index (χ0) is 33.9. The van der Waals surface area contributed by atoms with Crippen LogP contribution in [-0.4, -0.2) is 105 Å². The van der Waals surface area contributed by atoms with Gasteiger partial charge in [0.2, 0.25) is 5.91 Å².